The lowest BCUT2D eigenvalue weighted by Gasteiger charge is -2.13. The van der Waals surface area contributed by atoms with Crippen molar-refractivity contribution in [2.75, 3.05) is 5.73 Å². The van der Waals surface area contributed by atoms with Crippen LogP contribution in [0.3, 0.4) is 0 Å². The maximum Gasteiger partial charge on any atom is 0.138 e. The first-order valence-electron chi connectivity index (χ1n) is 5.10. The molecule has 0 aliphatic carbocycles. The number of nitrogens with two attached hydrogens (primary N) is 1. The van der Waals surface area contributed by atoms with Crippen molar-refractivity contribution in [3.63, 3.8) is 0 Å². The van der Waals surface area contributed by atoms with Crippen LogP contribution >= 0.6 is 0 Å². The topological polar surface area (TPSA) is 48.1 Å². The summed E-state index contributed by atoms with van der Waals surface area (Å²) in [5, 5.41) is 0. The van der Waals surface area contributed by atoms with E-state index in [1.807, 2.05) is 6.07 Å². The molecule has 3 nitrogen and oxygen atoms in total. The van der Waals surface area contributed by atoms with E-state index in [4.69, 9.17) is 10.5 Å². The molecule has 14 heavy (non-hydrogen) atoms. The van der Waals surface area contributed by atoms with Crippen LogP contribution in [0, 0.1) is 0 Å². The number of nitrogen functional groups attached to an aromatic ring is 1. The number of anilines is 1. The summed E-state index contributed by atoms with van der Waals surface area (Å²) in [6.45, 7) is 4.25. The molecule has 78 valence electrons. The van der Waals surface area contributed by atoms with E-state index in [2.05, 4.69) is 18.8 Å². The zero-order valence-corrected chi connectivity index (χ0v) is 8.86. The Hall–Kier alpha value is -1.25. The molecular weight excluding hydrogens is 176 g/mol. The predicted molar refractivity (Wildman–Crippen MR) is 58.3 cm³/mol. The van der Waals surface area contributed by atoms with Crippen LogP contribution in [-0.4, -0.2) is 11.1 Å². The van der Waals surface area contributed by atoms with Crippen molar-refractivity contribution < 1.29 is 4.74 Å². The van der Waals surface area contributed by atoms with Crippen LogP contribution in [0.1, 0.15) is 33.1 Å². The number of pyridine rings is 1. The van der Waals surface area contributed by atoms with E-state index < -0.39 is 0 Å². The normalized spacial score (nSPS) is 12.4. The van der Waals surface area contributed by atoms with E-state index in [0.717, 1.165) is 12.2 Å². The number of nitrogens with zero attached hydrogens (tertiary/aromatic N) is 1. The Morgan fingerprint density at radius 2 is 2.29 bits per heavy atom. The van der Waals surface area contributed by atoms with Gasteiger partial charge in [-0.25, -0.2) is 4.98 Å². The van der Waals surface area contributed by atoms with Gasteiger partial charge in [0.1, 0.15) is 11.6 Å². The molecule has 0 amide bonds. The summed E-state index contributed by atoms with van der Waals surface area (Å²) < 4.78 is 5.65. The fourth-order valence-electron chi connectivity index (χ4n) is 1.24. The fraction of sp³-hybridized carbons (Fsp3) is 0.545. The van der Waals surface area contributed by atoms with E-state index in [1.165, 1.54) is 12.8 Å². The van der Waals surface area contributed by atoms with Crippen LogP contribution in [0.2, 0.25) is 0 Å². The van der Waals surface area contributed by atoms with Crippen LogP contribution in [-0.2, 0) is 0 Å². The Bertz CT molecular complexity index is 258. The van der Waals surface area contributed by atoms with E-state index in [0.29, 0.717) is 5.82 Å². The predicted octanol–water partition coefficient (Wildman–Crippen LogP) is 2.62. The van der Waals surface area contributed by atoms with Gasteiger partial charge in [0.25, 0.3) is 0 Å². The van der Waals surface area contributed by atoms with Crippen molar-refractivity contribution in [2.24, 2.45) is 0 Å². The van der Waals surface area contributed by atoms with Crippen LogP contribution in [0.25, 0.3) is 0 Å². The van der Waals surface area contributed by atoms with Crippen molar-refractivity contribution in [1.82, 2.24) is 4.98 Å². The van der Waals surface area contributed by atoms with Gasteiger partial charge in [-0.2, -0.15) is 0 Å². The first-order valence-corrected chi connectivity index (χ1v) is 5.10. The number of rotatable bonds is 5. The van der Waals surface area contributed by atoms with Gasteiger partial charge in [0.05, 0.1) is 12.3 Å². The van der Waals surface area contributed by atoms with Gasteiger partial charge in [-0.3, -0.25) is 0 Å². The second-order valence-electron chi connectivity index (χ2n) is 3.49. The molecule has 1 unspecified atom stereocenters. The average Bonchev–Trinajstić information content (AvgIpc) is 2.18. The molecule has 0 aromatic carbocycles. The summed E-state index contributed by atoms with van der Waals surface area (Å²) in [5.74, 6) is 1.32. The quantitative estimate of drug-likeness (QED) is 0.783. The lowest BCUT2D eigenvalue weighted by Crippen LogP contribution is -2.11. The van der Waals surface area contributed by atoms with E-state index >= 15 is 0 Å². The van der Waals surface area contributed by atoms with Crippen molar-refractivity contribution in [1.29, 1.82) is 0 Å². The molecule has 0 spiro atoms. The van der Waals surface area contributed by atoms with Crippen molar-refractivity contribution >= 4 is 5.82 Å². The summed E-state index contributed by atoms with van der Waals surface area (Å²) in [7, 11) is 0. The molecule has 1 rings (SSSR count). The van der Waals surface area contributed by atoms with Gasteiger partial charge in [0.15, 0.2) is 0 Å². The second-order valence-corrected chi connectivity index (χ2v) is 3.49. The monoisotopic (exact) mass is 194 g/mol. The molecule has 0 bridgehead atoms. The van der Waals surface area contributed by atoms with Crippen LogP contribution in [0.15, 0.2) is 18.3 Å². The van der Waals surface area contributed by atoms with Gasteiger partial charge < -0.3 is 10.5 Å². The highest BCUT2D eigenvalue weighted by atomic mass is 16.5. The summed E-state index contributed by atoms with van der Waals surface area (Å²) in [5.41, 5.74) is 5.47. The Morgan fingerprint density at radius 3 is 2.86 bits per heavy atom. The molecular formula is C11H18N2O. The van der Waals surface area contributed by atoms with E-state index in [-0.39, 0.29) is 6.10 Å². The minimum absolute atomic E-state index is 0.250. The minimum atomic E-state index is 0.250. The van der Waals surface area contributed by atoms with Crippen molar-refractivity contribution in [3.8, 4) is 5.75 Å². The van der Waals surface area contributed by atoms with Gasteiger partial charge in [0.2, 0.25) is 0 Å². The first kappa shape index (κ1) is 10.8. The number of aromatic nitrogens is 1. The van der Waals surface area contributed by atoms with Gasteiger partial charge >= 0.3 is 0 Å². The molecule has 0 aliphatic rings. The maximum atomic E-state index is 5.65. The van der Waals surface area contributed by atoms with Gasteiger partial charge in [-0.05, 0) is 25.5 Å². The Morgan fingerprint density at radius 1 is 1.50 bits per heavy atom. The molecule has 0 fully saturated rings. The highest BCUT2D eigenvalue weighted by Gasteiger charge is 2.02. The molecule has 1 atom stereocenters. The summed E-state index contributed by atoms with van der Waals surface area (Å²) >= 11 is 0. The smallest absolute Gasteiger partial charge is 0.138 e. The molecule has 0 aliphatic heterocycles. The molecule has 0 saturated carbocycles. The number of unbranched alkanes of at least 4 members (excludes halogenated alkanes) is 1. The van der Waals surface area contributed by atoms with E-state index in [1.54, 1.807) is 12.3 Å². The Balaban J connectivity index is 2.39. The summed E-state index contributed by atoms with van der Waals surface area (Å²) in [6, 6.07) is 3.60. The minimum Gasteiger partial charge on any atom is -0.489 e. The summed E-state index contributed by atoms with van der Waals surface area (Å²) in [4.78, 5) is 3.97. The first-order chi connectivity index (χ1) is 6.72. The highest BCUT2D eigenvalue weighted by Crippen LogP contribution is 2.14. The number of ether oxygens (including phenoxy) is 1. The van der Waals surface area contributed by atoms with Crippen LogP contribution in [0.5, 0.6) is 5.75 Å². The highest BCUT2D eigenvalue weighted by molar-refractivity contribution is 5.32. The number of hydrogen-bond donors (Lipinski definition) is 1. The third-order valence-corrected chi connectivity index (χ3v) is 2.06. The fourth-order valence-corrected chi connectivity index (χ4v) is 1.24. The Kier molecular flexibility index (Phi) is 4.23. The van der Waals surface area contributed by atoms with E-state index in [9.17, 15) is 0 Å². The third-order valence-electron chi connectivity index (χ3n) is 2.06. The zero-order chi connectivity index (χ0) is 10.4. The van der Waals surface area contributed by atoms with Crippen LogP contribution < -0.4 is 10.5 Å². The SMILES string of the molecule is CCCCC(C)Oc1ccc(N)nc1. The molecule has 1 heterocycles. The molecule has 1 aromatic rings. The zero-order valence-electron chi connectivity index (χ0n) is 8.86. The third kappa shape index (κ3) is 3.64. The largest absolute Gasteiger partial charge is 0.489 e. The lowest BCUT2D eigenvalue weighted by atomic mass is 10.2. The van der Waals surface area contributed by atoms with Crippen LogP contribution in [0.4, 0.5) is 5.82 Å². The van der Waals surface area contributed by atoms with Gasteiger partial charge in [0, 0.05) is 0 Å². The molecule has 1 aromatic heterocycles. The van der Waals surface area contributed by atoms with Crippen molar-refractivity contribution in [2.45, 2.75) is 39.2 Å². The standard InChI is InChI=1S/C11H18N2O/c1-3-4-5-9(2)14-10-6-7-11(12)13-8-10/h6-9H,3-5H2,1-2H3,(H2,12,13). The lowest BCUT2D eigenvalue weighted by molar-refractivity contribution is 0.207. The molecule has 3 heteroatoms. The molecule has 2 N–H and O–H groups in total. The molecule has 0 saturated heterocycles. The number of hydrogen-bond acceptors (Lipinski definition) is 3. The average molecular weight is 194 g/mol. The molecule has 0 radical (unpaired) electrons. The Labute approximate surface area is 85.3 Å². The maximum absolute atomic E-state index is 5.65. The second kappa shape index (κ2) is 5.47. The van der Waals surface area contributed by atoms with Gasteiger partial charge in [-0.15, -0.1) is 0 Å². The van der Waals surface area contributed by atoms with Gasteiger partial charge in [-0.1, -0.05) is 19.8 Å². The van der Waals surface area contributed by atoms with Crippen molar-refractivity contribution in [3.05, 3.63) is 18.3 Å². The summed E-state index contributed by atoms with van der Waals surface area (Å²) in [6.07, 6.45) is 5.40.